The number of rotatable bonds is 6. The molecule has 0 saturated carbocycles. The molecule has 126 valence electrons. The van der Waals surface area contributed by atoms with Crippen LogP contribution in [0.3, 0.4) is 0 Å². The average molecular weight is 445 g/mol. The van der Waals surface area contributed by atoms with Crippen LogP contribution in [0, 0.1) is 0 Å². The molecule has 1 heterocycles. The van der Waals surface area contributed by atoms with Crippen LogP contribution < -0.4 is 15.4 Å². The van der Waals surface area contributed by atoms with Crippen molar-refractivity contribution in [3.05, 3.63) is 40.6 Å². The highest BCUT2D eigenvalue weighted by Gasteiger charge is 2.04. The lowest BCUT2D eigenvalue weighted by atomic mass is 10.1. The van der Waals surface area contributed by atoms with E-state index in [1.54, 1.807) is 25.5 Å². The molecule has 6 heteroatoms. The number of nitrogens with one attached hydrogen (secondary N) is 2. The molecule has 23 heavy (non-hydrogen) atoms. The number of hydrogen-bond donors (Lipinski definition) is 2. The fourth-order valence-electron chi connectivity index (χ4n) is 2.04. The molecule has 4 nitrogen and oxygen atoms in total. The zero-order valence-electron chi connectivity index (χ0n) is 13.8. The van der Waals surface area contributed by atoms with Crippen molar-refractivity contribution in [2.24, 2.45) is 4.99 Å². The van der Waals surface area contributed by atoms with Crippen molar-refractivity contribution in [3.63, 3.8) is 0 Å². The van der Waals surface area contributed by atoms with E-state index in [0.29, 0.717) is 0 Å². The van der Waals surface area contributed by atoms with Crippen molar-refractivity contribution in [3.8, 4) is 16.9 Å². The van der Waals surface area contributed by atoms with Crippen molar-refractivity contribution in [2.75, 3.05) is 20.7 Å². The van der Waals surface area contributed by atoms with Gasteiger partial charge in [-0.25, -0.2) is 0 Å². The van der Waals surface area contributed by atoms with Crippen LogP contribution in [0.4, 0.5) is 0 Å². The molecule has 0 atom stereocenters. The number of nitrogens with zero attached hydrogens (tertiary/aromatic N) is 1. The van der Waals surface area contributed by atoms with E-state index in [1.807, 2.05) is 12.1 Å². The number of ether oxygens (including phenoxy) is 1. The van der Waals surface area contributed by atoms with Crippen molar-refractivity contribution in [2.45, 2.75) is 19.9 Å². The molecule has 1 aromatic heterocycles. The molecule has 0 fully saturated rings. The highest BCUT2D eigenvalue weighted by molar-refractivity contribution is 14.0. The van der Waals surface area contributed by atoms with Gasteiger partial charge in [0.25, 0.3) is 0 Å². The molecular formula is C17H24IN3OS. The van der Waals surface area contributed by atoms with Crippen molar-refractivity contribution < 1.29 is 4.74 Å². The Hall–Kier alpha value is -1.28. The van der Waals surface area contributed by atoms with Gasteiger partial charge >= 0.3 is 0 Å². The zero-order chi connectivity index (χ0) is 15.8. The quantitative estimate of drug-likeness (QED) is 0.400. The van der Waals surface area contributed by atoms with Gasteiger partial charge in [0.2, 0.25) is 0 Å². The smallest absolute Gasteiger partial charge is 0.191 e. The largest absolute Gasteiger partial charge is 0.497 e. The normalized spacial score (nSPS) is 10.8. The fourth-order valence-corrected chi connectivity index (χ4v) is 2.88. The molecule has 0 aliphatic carbocycles. The number of aliphatic imine (C=N–C) groups is 1. The Balaban J connectivity index is 0.00000264. The predicted molar refractivity (Wildman–Crippen MR) is 110 cm³/mol. The topological polar surface area (TPSA) is 45.7 Å². The predicted octanol–water partition coefficient (Wildman–Crippen LogP) is 4.12. The molecule has 2 rings (SSSR count). The Bertz CT molecular complexity index is 611. The summed E-state index contributed by atoms with van der Waals surface area (Å²) in [7, 11) is 3.48. The molecule has 0 unspecified atom stereocenters. The summed E-state index contributed by atoms with van der Waals surface area (Å²) in [6.45, 7) is 3.85. The minimum absolute atomic E-state index is 0. The summed E-state index contributed by atoms with van der Waals surface area (Å²) >= 11 is 1.75. The third-order valence-electron chi connectivity index (χ3n) is 3.27. The second kappa shape index (κ2) is 10.5. The second-order valence-electron chi connectivity index (χ2n) is 4.88. The Labute approximate surface area is 159 Å². The molecule has 0 bridgehead atoms. The van der Waals surface area contributed by atoms with Gasteiger partial charge in [-0.05, 0) is 41.1 Å². The molecule has 1 aromatic carbocycles. The molecular weight excluding hydrogens is 421 g/mol. The standard InChI is InChI=1S/C17H23N3OS.HI/c1-4-9-19-17(18-2)20-11-16-10-14(12-22-16)13-5-7-15(21-3)8-6-13;/h5-8,10,12H,4,9,11H2,1-3H3,(H2,18,19,20);1H. The first-order chi connectivity index (χ1) is 10.8. The lowest BCUT2D eigenvalue weighted by molar-refractivity contribution is 0.415. The summed E-state index contributed by atoms with van der Waals surface area (Å²) in [6, 6.07) is 10.4. The lowest BCUT2D eigenvalue weighted by Gasteiger charge is -2.09. The van der Waals surface area contributed by atoms with E-state index in [9.17, 15) is 0 Å². The molecule has 2 aromatic rings. The van der Waals surface area contributed by atoms with Gasteiger partial charge in [0.15, 0.2) is 5.96 Å². The maximum atomic E-state index is 5.19. The Kier molecular flexibility index (Phi) is 9.01. The number of thiophene rings is 1. The van der Waals surface area contributed by atoms with E-state index in [0.717, 1.165) is 31.2 Å². The van der Waals surface area contributed by atoms with E-state index in [-0.39, 0.29) is 24.0 Å². The minimum Gasteiger partial charge on any atom is -0.497 e. The first-order valence-electron chi connectivity index (χ1n) is 7.43. The van der Waals surface area contributed by atoms with Crippen LogP contribution in [0.1, 0.15) is 18.2 Å². The van der Waals surface area contributed by atoms with Crippen molar-refractivity contribution >= 4 is 41.3 Å². The van der Waals surface area contributed by atoms with Crippen LogP contribution in [-0.4, -0.2) is 26.7 Å². The summed E-state index contributed by atoms with van der Waals surface area (Å²) in [6.07, 6.45) is 1.08. The molecule has 2 N–H and O–H groups in total. The SMILES string of the molecule is CCCNC(=NC)NCc1cc(-c2ccc(OC)cc2)cs1.I. The number of guanidine groups is 1. The summed E-state index contributed by atoms with van der Waals surface area (Å²) in [5, 5.41) is 8.78. The highest BCUT2D eigenvalue weighted by Crippen LogP contribution is 2.27. The monoisotopic (exact) mass is 445 g/mol. The van der Waals surface area contributed by atoms with Gasteiger partial charge in [-0.2, -0.15) is 0 Å². The summed E-state index contributed by atoms with van der Waals surface area (Å²) < 4.78 is 5.19. The van der Waals surface area contributed by atoms with E-state index in [4.69, 9.17) is 4.74 Å². The van der Waals surface area contributed by atoms with Crippen LogP contribution in [0.25, 0.3) is 11.1 Å². The number of hydrogen-bond acceptors (Lipinski definition) is 3. The fraction of sp³-hybridized carbons (Fsp3) is 0.353. The van der Waals surface area contributed by atoms with E-state index in [2.05, 4.69) is 46.1 Å². The zero-order valence-corrected chi connectivity index (χ0v) is 16.9. The van der Waals surface area contributed by atoms with Gasteiger partial charge in [0.1, 0.15) is 5.75 Å². The second-order valence-corrected chi connectivity index (χ2v) is 5.88. The lowest BCUT2D eigenvalue weighted by Crippen LogP contribution is -2.36. The van der Waals surface area contributed by atoms with Crippen molar-refractivity contribution in [1.29, 1.82) is 0 Å². The van der Waals surface area contributed by atoms with Crippen LogP contribution in [0.15, 0.2) is 40.7 Å². The number of halogens is 1. The average Bonchev–Trinajstić information content (AvgIpc) is 3.04. The van der Waals surface area contributed by atoms with Gasteiger partial charge in [0, 0.05) is 18.5 Å². The number of methoxy groups -OCH3 is 1. The summed E-state index contributed by atoms with van der Waals surface area (Å²) in [5.74, 6) is 1.73. The first kappa shape index (κ1) is 19.8. The third-order valence-corrected chi connectivity index (χ3v) is 4.21. The first-order valence-corrected chi connectivity index (χ1v) is 8.31. The van der Waals surface area contributed by atoms with Crippen LogP contribution in [-0.2, 0) is 6.54 Å². The van der Waals surface area contributed by atoms with Gasteiger partial charge < -0.3 is 15.4 Å². The highest BCUT2D eigenvalue weighted by atomic mass is 127. The molecule has 0 aliphatic rings. The van der Waals surface area contributed by atoms with Gasteiger partial charge in [0.05, 0.1) is 13.7 Å². The van der Waals surface area contributed by atoms with Crippen molar-refractivity contribution in [1.82, 2.24) is 10.6 Å². The van der Waals surface area contributed by atoms with Gasteiger partial charge in [-0.3, -0.25) is 4.99 Å². The maximum Gasteiger partial charge on any atom is 0.191 e. The van der Waals surface area contributed by atoms with Crippen LogP contribution >= 0.6 is 35.3 Å². The molecule has 0 spiro atoms. The van der Waals surface area contributed by atoms with E-state index >= 15 is 0 Å². The Morgan fingerprint density at radius 1 is 1.17 bits per heavy atom. The molecule has 0 aliphatic heterocycles. The summed E-state index contributed by atoms with van der Waals surface area (Å²) in [5.41, 5.74) is 2.44. The Morgan fingerprint density at radius 2 is 1.91 bits per heavy atom. The van der Waals surface area contributed by atoms with Gasteiger partial charge in [-0.1, -0.05) is 19.1 Å². The maximum absolute atomic E-state index is 5.19. The molecule has 0 amide bonds. The van der Waals surface area contributed by atoms with Gasteiger partial charge in [-0.15, -0.1) is 35.3 Å². The van der Waals surface area contributed by atoms with Crippen LogP contribution in [0.5, 0.6) is 5.75 Å². The van der Waals surface area contributed by atoms with Crippen LogP contribution in [0.2, 0.25) is 0 Å². The minimum atomic E-state index is 0. The summed E-state index contributed by atoms with van der Waals surface area (Å²) in [4.78, 5) is 5.49. The molecule has 0 radical (unpaired) electrons. The third kappa shape index (κ3) is 6.02. The van der Waals surface area contributed by atoms with E-state index in [1.165, 1.54) is 16.0 Å². The number of benzene rings is 1. The Morgan fingerprint density at radius 3 is 2.52 bits per heavy atom. The molecule has 0 saturated heterocycles. The van der Waals surface area contributed by atoms with E-state index < -0.39 is 0 Å².